The summed E-state index contributed by atoms with van der Waals surface area (Å²) in [5, 5.41) is 4.33. The van der Waals surface area contributed by atoms with Crippen LogP contribution in [0.4, 0.5) is 11.4 Å². The highest BCUT2D eigenvalue weighted by atomic mass is 35.5. The molecule has 0 saturated carbocycles. The second-order valence-corrected chi connectivity index (χ2v) is 7.83. The molecule has 1 saturated heterocycles. The minimum atomic E-state index is -0.152. The van der Waals surface area contributed by atoms with Gasteiger partial charge in [0.25, 0.3) is 0 Å². The zero-order valence-electron chi connectivity index (χ0n) is 15.3. The van der Waals surface area contributed by atoms with Gasteiger partial charge in [-0.15, -0.1) is 0 Å². The van der Waals surface area contributed by atoms with Gasteiger partial charge < -0.3 is 14.8 Å². The molecule has 0 aliphatic carbocycles. The van der Waals surface area contributed by atoms with Crippen molar-refractivity contribution in [3.63, 3.8) is 0 Å². The van der Waals surface area contributed by atoms with Gasteiger partial charge in [-0.2, -0.15) is 0 Å². The molecule has 0 radical (unpaired) electrons. The molecule has 0 bridgehead atoms. The Morgan fingerprint density at radius 1 is 1.15 bits per heavy atom. The van der Waals surface area contributed by atoms with Crippen molar-refractivity contribution >= 4 is 23.0 Å². The third-order valence-corrected chi connectivity index (χ3v) is 5.67. The second kappa shape index (κ2) is 7.10. The van der Waals surface area contributed by atoms with Crippen LogP contribution < -0.4 is 10.1 Å². The highest BCUT2D eigenvalue weighted by Gasteiger charge is 2.34. The van der Waals surface area contributed by atoms with Crippen LogP contribution in [0.25, 0.3) is 0 Å². The highest BCUT2D eigenvalue weighted by Crippen LogP contribution is 2.48. The number of anilines is 2. The van der Waals surface area contributed by atoms with E-state index in [4.69, 9.17) is 21.1 Å². The monoisotopic (exact) mass is 372 g/mol. The number of rotatable bonds is 4. The molecular formula is C21H25ClN2O2. The standard InChI is InChI=1S/C21H25ClN2O2/c1-21(2)16-7-6-15(26-13-10-24-8-11-25-12-9-24)14-19(16)23-18-5-3-4-17(22)20(18)21/h3-7,14,23H,8-13H2,1-2H3. The smallest absolute Gasteiger partial charge is 0.121 e. The maximum atomic E-state index is 6.49. The Morgan fingerprint density at radius 3 is 2.77 bits per heavy atom. The fourth-order valence-electron chi connectivity index (χ4n) is 3.92. The van der Waals surface area contributed by atoms with E-state index in [1.165, 1.54) is 5.56 Å². The first-order valence-corrected chi connectivity index (χ1v) is 9.57. The molecule has 0 amide bonds. The Morgan fingerprint density at radius 2 is 1.96 bits per heavy atom. The van der Waals surface area contributed by atoms with Crippen LogP contribution in [0.3, 0.4) is 0 Å². The molecule has 4 rings (SSSR count). The lowest BCUT2D eigenvalue weighted by molar-refractivity contribution is 0.0322. The average Bonchev–Trinajstić information content (AvgIpc) is 2.62. The zero-order valence-corrected chi connectivity index (χ0v) is 16.1. The van der Waals surface area contributed by atoms with Crippen molar-refractivity contribution in [1.82, 2.24) is 4.90 Å². The minimum absolute atomic E-state index is 0.152. The van der Waals surface area contributed by atoms with Gasteiger partial charge in [0.05, 0.1) is 13.2 Å². The van der Waals surface area contributed by atoms with Crippen LogP contribution >= 0.6 is 11.6 Å². The van der Waals surface area contributed by atoms with Crippen LogP contribution in [0.15, 0.2) is 36.4 Å². The summed E-state index contributed by atoms with van der Waals surface area (Å²) in [5.41, 5.74) is 4.39. The van der Waals surface area contributed by atoms with Crippen LogP contribution in [0, 0.1) is 0 Å². The zero-order chi connectivity index (χ0) is 18.1. The molecular weight excluding hydrogens is 348 g/mol. The number of nitrogens with one attached hydrogen (secondary N) is 1. The van der Waals surface area contributed by atoms with E-state index >= 15 is 0 Å². The van der Waals surface area contributed by atoms with Gasteiger partial charge in [0.15, 0.2) is 0 Å². The highest BCUT2D eigenvalue weighted by molar-refractivity contribution is 6.32. The predicted octanol–water partition coefficient (Wildman–Crippen LogP) is 4.43. The van der Waals surface area contributed by atoms with E-state index in [2.05, 4.69) is 48.3 Å². The lowest BCUT2D eigenvalue weighted by Crippen LogP contribution is -2.38. The summed E-state index contributed by atoms with van der Waals surface area (Å²) in [6, 6.07) is 12.3. The van der Waals surface area contributed by atoms with E-state index in [9.17, 15) is 0 Å². The van der Waals surface area contributed by atoms with Gasteiger partial charge in [-0.1, -0.05) is 37.6 Å². The van der Waals surface area contributed by atoms with Gasteiger partial charge in [-0.05, 0) is 23.8 Å². The Labute approximate surface area is 160 Å². The molecule has 0 spiro atoms. The Hall–Kier alpha value is -1.75. The lowest BCUT2D eigenvalue weighted by Gasteiger charge is -2.36. The first kappa shape index (κ1) is 17.7. The fraction of sp³-hybridized carbons (Fsp3) is 0.429. The molecule has 26 heavy (non-hydrogen) atoms. The van der Waals surface area contributed by atoms with Gasteiger partial charge in [-0.25, -0.2) is 0 Å². The van der Waals surface area contributed by atoms with Crippen molar-refractivity contribution in [3.8, 4) is 5.75 Å². The number of fused-ring (bicyclic) bond motifs is 2. The maximum absolute atomic E-state index is 6.49. The first-order valence-electron chi connectivity index (χ1n) is 9.19. The van der Waals surface area contributed by atoms with E-state index in [-0.39, 0.29) is 5.41 Å². The molecule has 5 heteroatoms. The number of hydrogen-bond donors (Lipinski definition) is 1. The Kier molecular flexibility index (Phi) is 4.82. The van der Waals surface area contributed by atoms with Crippen molar-refractivity contribution in [1.29, 1.82) is 0 Å². The third kappa shape index (κ3) is 3.29. The summed E-state index contributed by atoms with van der Waals surface area (Å²) < 4.78 is 11.4. The van der Waals surface area contributed by atoms with E-state index in [1.54, 1.807) is 0 Å². The molecule has 138 valence electrons. The molecule has 2 aliphatic rings. The number of ether oxygens (including phenoxy) is 2. The van der Waals surface area contributed by atoms with Crippen molar-refractivity contribution < 1.29 is 9.47 Å². The lowest BCUT2D eigenvalue weighted by atomic mass is 9.74. The number of hydrogen-bond acceptors (Lipinski definition) is 4. The van der Waals surface area contributed by atoms with Crippen molar-refractivity contribution in [2.75, 3.05) is 44.8 Å². The van der Waals surface area contributed by atoms with Gasteiger partial charge in [0, 0.05) is 53.1 Å². The molecule has 2 aromatic rings. The predicted molar refractivity (Wildman–Crippen MR) is 106 cm³/mol. The van der Waals surface area contributed by atoms with Crippen molar-refractivity contribution in [2.24, 2.45) is 0 Å². The molecule has 1 fully saturated rings. The van der Waals surface area contributed by atoms with Gasteiger partial charge in [0.2, 0.25) is 0 Å². The molecule has 0 unspecified atom stereocenters. The fourth-order valence-corrected chi connectivity index (χ4v) is 4.33. The molecule has 1 N–H and O–H groups in total. The van der Waals surface area contributed by atoms with E-state index < -0.39 is 0 Å². The normalized spacial score (nSPS) is 18.6. The Balaban J connectivity index is 1.50. The molecule has 2 aromatic carbocycles. The summed E-state index contributed by atoms with van der Waals surface area (Å²) >= 11 is 6.49. The van der Waals surface area contributed by atoms with Gasteiger partial charge in [-0.3, -0.25) is 4.90 Å². The molecule has 4 nitrogen and oxygen atoms in total. The largest absolute Gasteiger partial charge is 0.492 e. The molecule has 2 aliphatic heterocycles. The number of nitrogens with zero attached hydrogens (tertiary/aromatic N) is 1. The topological polar surface area (TPSA) is 33.7 Å². The number of morpholine rings is 1. The third-order valence-electron chi connectivity index (χ3n) is 5.35. The molecule has 0 aromatic heterocycles. The summed E-state index contributed by atoms with van der Waals surface area (Å²) in [7, 11) is 0. The summed E-state index contributed by atoms with van der Waals surface area (Å²) in [4.78, 5) is 2.38. The van der Waals surface area contributed by atoms with Crippen LogP contribution in [-0.2, 0) is 10.2 Å². The van der Waals surface area contributed by atoms with Crippen molar-refractivity contribution in [3.05, 3.63) is 52.5 Å². The average molecular weight is 373 g/mol. The second-order valence-electron chi connectivity index (χ2n) is 7.42. The Bertz CT molecular complexity index is 801. The van der Waals surface area contributed by atoms with Crippen molar-refractivity contribution in [2.45, 2.75) is 19.3 Å². The SMILES string of the molecule is CC1(C)c2ccc(OCCN3CCOCC3)cc2Nc2cccc(Cl)c21. The first-order chi connectivity index (χ1) is 12.6. The van der Waals surface area contributed by atoms with E-state index in [0.29, 0.717) is 6.61 Å². The van der Waals surface area contributed by atoms with Gasteiger partial charge in [0.1, 0.15) is 12.4 Å². The van der Waals surface area contributed by atoms with Crippen LogP contribution in [-0.4, -0.2) is 44.4 Å². The van der Waals surface area contributed by atoms with E-state index in [0.717, 1.165) is 60.6 Å². The van der Waals surface area contributed by atoms with Gasteiger partial charge >= 0.3 is 0 Å². The summed E-state index contributed by atoms with van der Waals surface area (Å²) in [6.45, 7) is 9.66. The van der Waals surface area contributed by atoms with Crippen LogP contribution in [0.5, 0.6) is 5.75 Å². The van der Waals surface area contributed by atoms with Crippen LogP contribution in [0.1, 0.15) is 25.0 Å². The number of halogens is 1. The summed E-state index contributed by atoms with van der Waals surface area (Å²) in [6.07, 6.45) is 0. The van der Waals surface area contributed by atoms with Crippen LogP contribution in [0.2, 0.25) is 5.02 Å². The number of benzene rings is 2. The summed E-state index contributed by atoms with van der Waals surface area (Å²) in [5.74, 6) is 0.894. The maximum Gasteiger partial charge on any atom is 0.121 e. The minimum Gasteiger partial charge on any atom is -0.492 e. The quantitative estimate of drug-likeness (QED) is 0.860. The van der Waals surface area contributed by atoms with E-state index in [1.807, 2.05) is 12.1 Å². The molecule has 2 heterocycles. The molecule has 0 atom stereocenters.